The number of aromatic amines is 1. The summed E-state index contributed by atoms with van der Waals surface area (Å²) < 4.78 is 15.6. The van der Waals surface area contributed by atoms with E-state index in [1.165, 1.54) is 6.07 Å². The van der Waals surface area contributed by atoms with Crippen LogP contribution in [0.4, 0.5) is 21.6 Å². The molecule has 5 aromatic rings. The molecule has 2 aliphatic heterocycles. The van der Waals surface area contributed by atoms with Gasteiger partial charge in [0, 0.05) is 54.3 Å². The molecule has 206 valence electrons. The molecule has 2 aromatic carbocycles. The first kappa shape index (κ1) is 24.9. The van der Waals surface area contributed by atoms with Crippen LogP contribution in [0, 0.1) is 5.82 Å². The van der Waals surface area contributed by atoms with E-state index >= 15 is 0 Å². The molecule has 0 bridgehead atoms. The minimum atomic E-state index is -0.370. The Labute approximate surface area is 234 Å². The predicted molar refractivity (Wildman–Crippen MR) is 152 cm³/mol. The lowest BCUT2D eigenvalue weighted by Crippen LogP contribution is -2.20. The van der Waals surface area contributed by atoms with Gasteiger partial charge in [0.25, 0.3) is 5.91 Å². The minimum absolute atomic E-state index is 0.0386. The van der Waals surface area contributed by atoms with Gasteiger partial charge >= 0.3 is 0 Å². The monoisotopic (exact) mass is 550 g/mol. The second kappa shape index (κ2) is 9.54. The van der Waals surface area contributed by atoms with Crippen LogP contribution in [0.25, 0.3) is 16.9 Å². The Morgan fingerprint density at radius 1 is 1.05 bits per heavy atom. The molecule has 0 unspecified atom stereocenters. The lowest BCUT2D eigenvalue weighted by atomic mass is 10.0. The van der Waals surface area contributed by atoms with Crippen LogP contribution in [-0.4, -0.2) is 36.6 Å². The molecule has 11 heteroatoms. The molecule has 10 nitrogen and oxygen atoms in total. The summed E-state index contributed by atoms with van der Waals surface area (Å²) in [6.07, 6.45) is 4.59. The van der Waals surface area contributed by atoms with Crippen molar-refractivity contribution in [1.29, 1.82) is 0 Å². The molecule has 2 amide bonds. The quantitative estimate of drug-likeness (QED) is 0.282. The van der Waals surface area contributed by atoms with Crippen LogP contribution < -0.4 is 15.5 Å². The van der Waals surface area contributed by atoms with Crippen LogP contribution in [0.3, 0.4) is 0 Å². The van der Waals surface area contributed by atoms with Gasteiger partial charge in [-0.2, -0.15) is 10.2 Å². The van der Waals surface area contributed by atoms with Crippen molar-refractivity contribution in [3.63, 3.8) is 0 Å². The number of benzene rings is 2. The third kappa shape index (κ3) is 4.39. The van der Waals surface area contributed by atoms with Crippen LogP contribution in [0.2, 0.25) is 0 Å². The Kier molecular flexibility index (Phi) is 5.81. The fourth-order valence-corrected chi connectivity index (χ4v) is 5.64. The first-order valence-corrected chi connectivity index (χ1v) is 13.5. The third-order valence-electron chi connectivity index (χ3n) is 7.68. The fraction of sp³-hybridized carbons (Fsp3) is 0.233. The maximum atomic E-state index is 13.9. The van der Waals surface area contributed by atoms with Crippen molar-refractivity contribution in [2.45, 2.75) is 45.7 Å². The molecule has 41 heavy (non-hydrogen) atoms. The highest BCUT2D eigenvalue weighted by Gasteiger charge is 2.28. The van der Waals surface area contributed by atoms with Gasteiger partial charge in [0.2, 0.25) is 5.91 Å². The summed E-state index contributed by atoms with van der Waals surface area (Å²) in [5.74, 6) is -0.0401. The zero-order valence-corrected chi connectivity index (χ0v) is 22.5. The standard InChI is InChI=1S/C30H27FN8O2/c1-16(2)27-28(30(41)34-22-7-4-17-5-8-26(40)35-23(17)10-22)37-39-24(20-12-32-33-13-20)11-25(36-29(27)39)38-14-18-3-6-21(31)9-19(18)15-38/h3-4,6-7,9-13,16H,5,8,14-15H2,1-2H3,(H,32,33)(H,34,41)(H,35,40). The zero-order valence-electron chi connectivity index (χ0n) is 22.5. The Hall–Kier alpha value is -5.06. The number of fused-ring (bicyclic) bond motifs is 3. The van der Waals surface area contributed by atoms with Gasteiger partial charge < -0.3 is 15.5 Å². The maximum Gasteiger partial charge on any atom is 0.276 e. The van der Waals surface area contributed by atoms with Gasteiger partial charge in [0.1, 0.15) is 11.6 Å². The number of nitrogens with one attached hydrogen (secondary N) is 3. The van der Waals surface area contributed by atoms with E-state index in [1.54, 1.807) is 29.0 Å². The Morgan fingerprint density at radius 2 is 1.88 bits per heavy atom. The van der Waals surface area contributed by atoms with E-state index in [1.807, 2.05) is 38.1 Å². The molecule has 0 spiro atoms. The van der Waals surface area contributed by atoms with Gasteiger partial charge in [-0.25, -0.2) is 13.9 Å². The molecule has 0 atom stereocenters. The first-order chi connectivity index (χ1) is 19.8. The number of anilines is 3. The molecule has 7 rings (SSSR count). The van der Waals surface area contributed by atoms with Crippen molar-refractivity contribution in [1.82, 2.24) is 24.8 Å². The van der Waals surface area contributed by atoms with Gasteiger partial charge in [0.15, 0.2) is 11.3 Å². The molecule has 3 aromatic heterocycles. The number of amides is 2. The number of rotatable bonds is 5. The largest absolute Gasteiger partial charge is 0.348 e. The highest BCUT2D eigenvalue weighted by molar-refractivity contribution is 6.06. The molecule has 0 aliphatic carbocycles. The molecule has 0 radical (unpaired) electrons. The molecule has 0 saturated heterocycles. The molecule has 3 N–H and O–H groups in total. The molecular weight excluding hydrogens is 523 g/mol. The molecular formula is C30H27FN8O2. The number of hydrogen-bond donors (Lipinski definition) is 3. The lowest BCUT2D eigenvalue weighted by molar-refractivity contribution is -0.116. The van der Waals surface area contributed by atoms with E-state index in [4.69, 9.17) is 10.1 Å². The molecule has 2 aliphatic rings. The summed E-state index contributed by atoms with van der Waals surface area (Å²) in [4.78, 5) is 32.7. The van der Waals surface area contributed by atoms with Crippen molar-refractivity contribution >= 4 is 34.7 Å². The second-order valence-electron chi connectivity index (χ2n) is 10.8. The second-order valence-corrected chi connectivity index (χ2v) is 10.8. The van der Waals surface area contributed by atoms with Crippen LogP contribution in [0.15, 0.2) is 54.9 Å². The van der Waals surface area contributed by atoms with Crippen molar-refractivity contribution in [2.24, 2.45) is 0 Å². The number of halogens is 1. The maximum absolute atomic E-state index is 13.9. The van der Waals surface area contributed by atoms with Crippen LogP contribution in [-0.2, 0) is 24.3 Å². The topological polar surface area (TPSA) is 120 Å². The molecule has 0 fully saturated rings. The van der Waals surface area contributed by atoms with Crippen molar-refractivity contribution in [3.05, 3.63) is 88.6 Å². The molecule has 0 saturated carbocycles. The summed E-state index contributed by atoms with van der Waals surface area (Å²) in [6.45, 7) is 5.12. The summed E-state index contributed by atoms with van der Waals surface area (Å²) in [6, 6.07) is 12.3. The van der Waals surface area contributed by atoms with E-state index in [0.717, 1.165) is 27.9 Å². The van der Waals surface area contributed by atoms with E-state index in [0.29, 0.717) is 54.3 Å². The van der Waals surface area contributed by atoms with Crippen LogP contribution >= 0.6 is 0 Å². The lowest BCUT2D eigenvalue weighted by Gasteiger charge is -2.18. The van der Waals surface area contributed by atoms with Gasteiger partial charge in [-0.15, -0.1) is 0 Å². The van der Waals surface area contributed by atoms with Crippen LogP contribution in [0.1, 0.15) is 58.9 Å². The smallest absolute Gasteiger partial charge is 0.276 e. The predicted octanol–water partition coefficient (Wildman–Crippen LogP) is 5.04. The number of hydrogen-bond acceptors (Lipinski definition) is 6. The average Bonchev–Trinajstić information content (AvgIpc) is 3.70. The van der Waals surface area contributed by atoms with Crippen molar-refractivity contribution in [3.8, 4) is 11.3 Å². The Balaban J connectivity index is 1.31. The highest BCUT2D eigenvalue weighted by atomic mass is 19.1. The van der Waals surface area contributed by atoms with Gasteiger partial charge in [-0.1, -0.05) is 26.0 Å². The SMILES string of the molecule is CC(C)c1c(C(=O)Nc2ccc3c(c2)NC(=O)CC3)nn2c(-c3cn[nH]c3)cc(N3Cc4ccc(F)cc4C3)nc12. The number of aromatic nitrogens is 5. The van der Waals surface area contributed by atoms with E-state index in [-0.39, 0.29) is 29.2 Å². The van der Waals surface area contributed by atoms with E-state index in [9.17, 15) is 14.0 Å². The number of carbonyl (C=O) groups excluding carboxylic acids is 2. The number of nitrogens with zero attached hydrogens (tertiary/aromatic N) is 5. The van der Waals surface area contributed by atoms with E-state index in [2.05, 4.69) is 25.7 Å². The molecule has 5 heterocycles. The summed E-state index contributed by atoms with van der Waals surface area (Å²) in [5.41, 5.74) is 7.34. The fourth-order valence-electron chi connectivity index (χ4n) is 5.64. The van der Waals surface area contributed by atoms with Crippen LogP contribution in [0.5, 0.6) is 0 Å². The normalized spacial score (nSPS) is 14.3. The first-order valence-electron chi connectivity index (χ1n) is 13.5. The number of H-pyrrole nitrogens is 1. The van der Waals surface area contributed by atoms with E-state index < -0.39 is 0 Å². The number of carbonyl (C=O) groups is 2. The minimum Gasteiger partial charge on any atom is -0.348 e. The summed E-state index contributed by atoms with van der Waals surface area (Å²) in [7, 11) is 0. The van der Waals surface area contributed by atoms with Crippen molar-refractivity contribution in [2.75, 3.05) is 15.5 Å². The Morgan fingerprint density at radius 3 is 2.68 bits per heavy atom. The summed E-state index contributed by atoms with van der Waals surface area (Å²) in [5, 5.41) is 17.6. The number of aryl methyl sites for hydroxylation is 1. The van der Waals surface area contributed by atoms with Gasteiger partial charge in [-0.05, 0) is 53.3 Å². The van der Waals surface area contributed by atoms with Gasteiger partial charge in [-0.3, -0.25) is 14.7 Å². The zero-order chi connectivity index (χ0) is 28.2. The highest BCUT2D eigenvalue weighted by Crippen LogP contribution is 2.34. The van der Waals surface area contributed by atoms with Crippen molar-refractivity contribution < 1.29 is 14.0 Å². The average molecular weight is 551 g/mol. The summed E-state index contributed by atoms with van der Waals surface area (Å²) >= 11 is 0. The third-order valence-corrected chi connectivity index (χ3v) is 7.68. The Bertz CT molecular complexity index is 1840. The van der Waals surface area contributed by atoms with Gasteiger partial charge in [0.05, 0.1) is 11.9 Å².